The van der Waals surface area contributed by atoms with E-state index in [4.69, 9.17) is 0 Å². The zero-order valence-electron chi connectivity index (χ0n) is 13.6. The van der Waals surface area contributed by atoms with E-state index in [1.54, 1.807) is 0 Å². The monoisotopic (exact) mass is 250 g/mol. The Morgan fingerprint density at radius 2 is 1.17 bits per heavy atom. The summed E-state index contributed by atoms with van der Waals surface area (Å²) in [6.45, 7) is 9.87. The molecule has 0 heterocycles. The first-order valence-electron chi connectivity index (χ1n) is 8.36. The van der Waals surface area contributed by atoms with E-state index in [1.165, 1.54) is 64.2 Å². The van der Waals surface area contributed by atoms with Gasteiger partial charge >= 0.3 is 0 Å². The Morgan fingerprint density at radius 3 is 1.78 bits per heavy atom. The summed E-state index contributed by atoms with van der Waals surface area (Å²) in [4.78, 5) is 0. The van der Waals surface area contributed by atoms with Crippen LogP contribution >= 0.6 is 0 Å². The summed E-state index contributed by atoms with van der Waals surface area (Å²) in [5.74, 6) is 0.837. The van der Waals surface area contributed by atoms with Gasteiger partial charge in [-0.25, -0.2) is 0 Å². The van der Waals surface area contributed by atoms with Crippen molar-refractivity contribution in [3.05, 3.63) is 0 Å². The second-order valence-corrected chi connectivity index (χ2v) is 8.09. The van der Waals surface area contributed by atoms with E-state index >= 15 is 0 Å². The molecular formula is C17H35B. The molecule has 1 saturated carbocycles. The smallest absolute Gasteiger partial charge is 0.0669 e. The first-order chi connectivity index (χ1) is 8.36. The molecule has 1 fully saturated rings. The van der Waals surface area contributed by atoms with E-state index in [-0.39, 0.29) is 0 Å². The van der Waals surface area contributed by atoms with Gasteiger partial charge in [-0.15, -0.1) is 0 Å². The van der Waals surface area contributed by atoms with Crippen molar-refractivity contribution in [3.63, 3.8) is 0 Å². The molecule has 0 amide bonds. The highest BCUT2D eigenvalue weighted by atomic mass is 14.3. The lowest BCUT2D eigenvalue weighted by atomic mass is 9.62. The zero-order chi connectivity index (χ0) is 13.6. The van der Waals surface area contributed by atoms with Gasteiger partial charge in [0.25, 0.3) is 0 Å². The fourth-order valence-corrected chi connectivity index (χ4v) is 3.46. The van der Waals surface area contributed by atoms with E-state index in [9.17, 15) is 0 Å². The van der Waals surface area contributed by atoms with E-state index in [0.29, 0.717) is 10.7 Å². The van der Waals surface area contributed by atoms with Crippen molar-refractivity contribution in [2.24, 2.45) is 11.3 Å². The molecule has 0 bridgehead atoms. The fraction of sp³-hybridized carbons (Fsp3) is 1.00. The summed E-state index contributed by atoms with van der Waals surface area (Å²) in [5.41, 5.74) is 0.593. The Labute approximate surface area is 117 Å². The van der Waals surface area contributed by atoms with Gasteiger partial charge in [0.2, 0.25) is 0 Å². The maximum atomic E-state index is 2.54. The molecule has 2 unspecified atom stereocenters. The average molecular weight is 250 g/mol. The Hall–Kier alpha value is 0.0649. The van der Waals surface area contributed by atoms with E-state index < -0.39 is 0 Å². The summed E-state index contributed by atoms with van der Waals surface area (Å²) in [5, 5.41) is 0.580. The van der Waals surface area contributed by atoms with Gasteiger partial charge in [0.05, 0.1) is 0 Å². The third-order valence-corrected chi connectivity index (χ3v) is 5.60. The zero-order valence-corrected chi connectivity index (χ0v) is 13.6. The van der Waals surface area contributed by atoms with Gasteiger partial charge < -0.3 is 0 Å². The van der Waals surface area contributed by atoms with Crippen LogP contribution in [0.15, 0.2) is 0 Å². The standard InChI is InChI=1S/C17H35B/c1-15(2)16(3)11-8-6-5-7-9-13-17(4,18)14-10-12-16/h15H,5-14,18H2,1-4H3. The topological polar surface area (TPSA) is 0 Å². The van der Waals surface area contributed by atoms with Crippen LogP contribution in [0.4, 0.5) is 0 Å². The predicted octanol–water partition coefficient (Wildman–Crippen LogP) is 5.38. The highest BCUT2D eigenvalue weighted by Crippen LogP contribution is 2.42. The van der Waals surface area contributed by atoms with Crippen molar-refractivity contribution in [1.29, 1.82) is 0 Å². The number of hydrogen-bond donors (Lipinski definition) is 0. The van der Waals surface area contributed by atoms with Crippen LogP contribution in [-0.4, -0.2) is 7.85 Å². The maximum Gasteiger partial charge on any atom is 0.109 e. The minimum absolute atomic E-state index is 0.580. The molecule has 2 atom stereocenters. The number of hydrogen-bond acceptors (Lipinski definition) is 0. The van der Waals surface area contributed by atoms with Gasteiger partial charge in [-0.1, -0.05) is 84.4 Å². The van der Waals surface area contributed by atoms with E-state index in [1.807, 2.05) is 0 Å². The summed E-state index contributed by atoms with van der Waals surface area (Å²) in [6.07, 6.45) is 14.5. The minimum Gasteiger partial charge on any atom is -0.0669 e. The van der Waals surface area contributed by atoms with Crippen molar-refractivity contribution < 1.29 is 0 Å². The molecule has 0 N–H and O–H groups in total. The molecule has 0 aromatic rings. The Bertz CT molecular complexity index is 232. The highest BCUT2D eigenvalue weighted by Gasteiger charge is 2.28. The molecular weight excluding hydrogens is 215 g/mol. The van der Waals surface area contributed by atoms with E-state index in [0.717, 1.165) is 5.92 Å². The summed E-state index contributed by atoms with van der Waals surface area (Å²) in [7, 11) is 2.48. The van der Waals surface area contributed by atoms with Crippen LogP contribution in [0, 0.1) is 11.3 Å². The molecule has 0 aliphatic heterocycles. The van der Waals surface area contributed by atoms with Crippen LogP contribution in [-0.2, 0) is 0 Å². The van der Waals surface area contributed by atoms with E-state index in [2.05, 4.69) is 35.5 Å². The highest BCUT2D eigenvalue weighted by molar-refractivity contribution is 6.14. The van der Waals surface area contributed by atoms with Crippen molar-refractivity contribution in [3.8, 4) is 0 Å². The van der Waals surface area contributed by atoms with Crippen molar-refractivity contribution >= 4 is 7.85 Å². The normalized spacial score (nSPS) is 36.9. The van der Waals surface area contributed by atoms with Crippen LogP contribution in [0.1, 0.15) is 91.9 Å². The molecule has 18 heavy (non-hydrogen) atoms. The Kier molecular flexibility index (Phi) is 6.28. The molecule has 1 rings (SSSR count). The predicted molar refractivity (Wildman–Crippen MR) is 86.0 cm³/mol. The first kappa shape index (κ1) is 16.1. The van der Waals surface area contributed by atoms with Crippen molar-refractivity contribution in [2.45, 2.75) is 97.2 Å². The number of rotatable bonds is 1. The Morgan fingerprint density at radius 1 is 0.722 bits per heavy atom. The van der Waals surface area contributed by atoms with Gasteiger partial charge in [-0.3, -0.25) is 0 Å². The molecule has 1 aliphatic rings. The Balaban J connectivity index is 2.58. The summed E-state index contributed by atoms with van der Waals surface area (Å²) >= 11 is 0. The van der Waals surface area contributed by atoms with Crippen molar-refractivity contribution in [2.75, 3.05) is 0 Å². The van der Waals surface area contributed by atoms with Crippen LogP contribution in [0.2, 0.25) is 5.31 Å². The maximum absolute atomic E-state index is 2.54. The van der Waals surface area contributed by atoms with Gasteiger partial charge in [0.1, 0.15) is 7.85 Å². The van der Waals surface area contributed by atoms with Crippen LogP contribution in [0.5, 0.6) is 0 Å². The SMILES string of the molecule is BC1(C)CCCCCCCC(C)(C(C)C)CCC1. The molecule has 0 aromatic carbocycles. The van der Waals surface area contributed by atoms with Gasteiger partial charge in [0, 0.05) is 0 Å². The fourth-order valence-electron chi connectivity index (χ4n) is 3.46. The van der Waals surface area contributed by atoms with Crippen LogP contribution < -0.4 is 0 Å². The summed E-state index contributed by atoms with van der Waals surface area (Å²) in [6, 6.07) is 0. The second kappa shape index (κ2) is 7.01. The van der Waals surface area contributed by atoms with Crippen molar-refractivity contribution in [1.82, 2.24) is 0 Å². The molecule has 0 radical (unpaired) electrons. The molecule has 106 valence electrons. The molecule has 1 aliphatic carbocycles. The minimum atomic E-state index is 0.580. The lowest BCUT2D eigenvalue weighted by molar-refractivity contribution is 0.165. The quantitative estimate of drug-likeness (QED) is 0.548. The van der Waals surface area contributed by atoms with Gasteiger partial charge in [-0.2, -0.15) is 0 Å². The molecule has 1 heteroatoms. The molecule has 0 nitrogen and oxygen atoms in total. The van der Waals surface area contributed by atoms with Crippen LogP contribution in [0.25, 0.3) is 0 Å². The second-order valence-electron chi connectivity index (χ2n) is 8.09. The third kappa shape index (κ3) is 5.37. The summed E-state index contributed by atoms with van der Waals surface area (Å²) < 4.78 is 0. The molecule has 0 aromatic heterocycles. The largest absolute Gasteiger partial charge is 0.109 e. The average Bonchev–Trinajstić information content (AvgIpc) is 2.25. The third-order valence-electron chi connectivity index (χ3n) is 5.60. The van der Waals surface area contributed by atoms with Crippen LogP contribution in [0.3, 0.4) is 0 Å². The lowest BCUT2D eigenvalue weighted by Crippen LogP contribution is -2.24. The first-order valence-corrected chi connectivity index (χ1v) is 8.36. The van der Waals surface area contributed by atoms with Gasteiger partial charge in [0.15, 0.2) is 0 Å². The lowest BCUT2D eigenvalue weighted by Gasteiger charge is -2.36. The molecule has 0 spiro atoms. The molecule has 0 saturated heterocycles. The van der Waals surface area contributed by atoms with Gasteiger partial charge in [-0.05, 0) is 24.2 Å².